The number of ether oxygens (including phenoxy) is 1. The maximum Gasteiger partial charge on any atom is 0.248 e. The zero-order chi connectivity index (χ0) is 14.1. The fraction of sp³-hybridized carbons (Fsp3) is 0.600. The Balaban J connectivity index is 2.38. The fourth-order valence-corrected chi connectivity index (χ4v) is 3.09. The lowest BCUT2D eigenvalue weighted by Gasteiger charge is -2.40. The molecule has 0 radical (unpaired) electrons. The molecule has 2 rings (SSSR count). The third-order valence-corrected chi connectivity index (χ3v) is 4.40. The molecule has 1 aromatic carbocycles. The molecule has 0 spiro atoms. The first-order valence-electron chi connectivity index (χ1n) is 6.66. The molecule has 0 bridgehead atoms. The Hall–Kier alpha value is -1.16. The van der Waals surface area contributed by atoms with Crippen molar-refractivity contribution in [3.8, 4) is 5.75 Å². The molecule has 1 fully saturated rings. The maximum atomic E-state index is 13.4. The lowest BCUT2D eigenvalue weighted by atomic mass is 9.67. The van der Waals surface area contributed by atoms with Gasteiger partial charge in [-0.15, -0.1) is 0 Å². The Morgan fingerprint density at radius 2 is 1.84 bits per heavy atom. The summed E-state index contributed by atoms with van der Waals surface area (Å²) in [5.74, 6) is -1.74. The molecule has 0 saturated heterocycles. The van der Waals surface area contributed by atoms with Crippen molar-refractivity contribution in [3.05, 3.63) is 29.3 Å². The Bertz CT molecular complexity index is 449. The number of rotatable bonds is 3. The Labute approximate surface area is 112 Å². The number of methoxy groups -OCH3 is 1. The summed E-state index contributed by atoms with van der Waals surface area (Å²) in [7, 11) is 1.62. The number of hydrogen-bond donors (Lipinski definition) is 1. The topological polar surface area (TPSA) is 35.2 Å². The van der Waals surface area contributed by atoms with E-state index in [9.17, 15) is 8.78 Å². The van der Waals surface area contributed by atoms with E-state index in [1.807, 2.05) is 25.1 Å². The second kappa shape index (κ2) is 5.08. The number of alkyl halides is 2. The Morgan fingerprint density at radius 3 is 2.37 bits per heavy atom. The van der Waals surface area contributed by atoms with Crippen LogP contribution in [0.2, 0.25) is 0 Å². The van der Waals surface area contributed by atoms with Crippen LogP contribution >= 0.6 is 0 Å². The highest BCUT2D eigenvalue weighted by Gasteiger charge is 2.44. The summed E-state index contributed by atoms with van der Waals surface area (Å²) >= 11 is 0. The van der Waals surface area contributed by atoms with Crippen molar-refractivity contribution in [1.82, 2.24) is 0 Å². The van der Waals surface area contributed by atoms with Crippen molar-refractivity contribution in [2.45, 2.75) is 43.9 Å². The molecule has 0 aromatic heterocycles. The van der Waals surface area contributed by atoms with E-state index in [2.05, 4.69) is 0 Å². The molecule has 1 aliphatic carbocycles. The molecule has 1 aliphatic rings. The molecule has 0 aliphatic heterocycles. The van der Waals surface area contributed by atoms with Crippen LogP contribution < -0.4 is 10.5 Å². The first-order valence-corrected chi connectivity index (χ1v) is 6.66. The predicted molar refractivity (Wildman–Crippen MR) is 71.9 cm³/mol. The van der Waals surface area contributed by atoms with Crippen LogP contribution in [0.5, 0.6) is 5.75 Å². The average Bonchev–Trinajstić information content (AvgIpc) is 2.40. The molecule has 4 heteroatoms. The van der Waals surface area contributed by atoms with Crippen molar-refractivity contribution >= 4 is 0 Å². The molecule has 1 aromatic rings. The van der Waals surface area contributed by atoms with Gasteiger partial charge in [-0.05, 0) is 37.0 Å². The van der Waals surface area contributed by atoms with E-state index in [0.717, 1.165) is 16.9 Å². The van der Waals surface area contributed by atoms with Crippen LogP contribution in [0, 0.1) is 6.92 Å². The molecular weight excluding hydrogens is 248 g/mol. The Morgan fingerprint density at radius 1 is 1.21 bits per heavy atom. The van der Waals surface area contributed by atoms with Gasteiger partial charge >= 0.3 is 0 Å². The number of hydrogen-bond acceptors (Lipinski definition) is 2. The summed E-state index contributed by atoms with van der Waals surface area (Å²) < 4.78 is 32.1. The van der Waals surface area contributed by atoms with Crippen molar-refractivity contribution < 1.29 is 13.5 Å². The summed E-state index contributed by atoms with van der Waals surface area (Å²) in [6.07, 6.45) is 0.705. The van der Waals surface area contributed by atoms with E-state index in [4.69, 9.17) is 10.5 Å². The van der Waals surface area contributed by atoms with Gasteiger partial charge in [0.15, 0.2) is 0 Å². The second-order valence-corrected chi connectivity index (χ2v) is 5.47. The summed E-state index contributed by atoms with van der Waals surface area (Å²) in [6, 6.07) is 5.79. The number of benzene rings is 1. The van der Waals surface area contributed by atoms with Gasteiger partial charge in [0.25, 0.3) is 0 Å². The standard InChI is InChI=1S/C15H21F2NO/c1-11-12(4-3-5-13(11)19-2)14(10-18)6-8-15(16,17)9-7-14/h3-5H,6-10,18H2,1-2H3. The summed E-state index contributed by atoms with van der Waals surface area (Å²) in [5, 5.41) is 0. The van der Waals surface area contributed by atoms with E-state index in [1.54, 1.807) is 7.11 Å². The zero-order valence-electron chi connectivity index (χ0n) is 11.5. The van der Waals surface area contributed by atoms with Gasteiger partial charge in [-0.2, -0.15) is 0 Å². The van der Waals surface area contributed by atoms with Crippen molar-refractivity contribution in [1.29, 1.82) is 0 Å². The van der Waals surface area contributed by atoms with Gasteiger partial charge in [0.05, 0.1) is 7.11 Å². The van der Waals surface area contributed by atoms with Gasteiger partial charge in [-0.3, -0.25) is 0 Å². The lowest BCUT2D eigenvalue weighted by molar-refractivity contribution is -0.0510. The fourth-order valence-electron chi connectivity index (χ4n) is 3.09. The van der Waals surface area contributed by atoms with E-state index in [0.29, 0.717) is 19.4 Å². The molecule has 0 amide bonds. The van der Waals surface area contributed by atoms with E-state index < -0.39 is 5.92 Å². The summed E-state index contributed by atoms with van der Waals surface area (Å²) in [4.78, 5) is 0. The normalized spacial score (nSPS) is 21.1. The van der Waals surface area contributed by atoms with Crippen LogP contribution in [0.15, 0.2) is 18.2 Å². The zero-order valence-corrected chi connectivity index (χ0v) is 11.5. The van der Waals surface area contributed by atoms with Crippen LogP contribution in [0.25, 0.3) is 0 Å². The van der Waals surface area contributed by atoms with Crippen molar-refractivity contribution in [3.63, 3.8) is 0 Å². The van der Waals surface area contributed by atoms with Crippen LogP contribution in [0.1, 0.15) is 36.8 Å². The average molecular weight is 269 g/mol. The molecule has 2 N–H and O–H groups in total. The van der Waals surface area contributed by atoms with E-state index >= 15 is 0 Å². The quantitative estimate of drug-likeness (QED) is 0.912. The minimum atomic E-state index is -2.54. The highest BCUT2D eigenvalue weighted by molar-refractivity contribution is 5.44. The second-order valence-electron chi connectivity index (χ2n) is 5.47. The van der Waals surface area contributed by atoms with Crippen molar-refractivity contribution in [2.75, 3.05) is 13.7 Å². The molecule has 0 atom stereocenters. The van der Waals surface area contributed by atoms with Crippen LogP contribution in [0.3, 0.4) is 0 Å². The number of nitrogens with two attached hydrogens (primary N) is 1. The highest BCUT2D eigenvalue weighted by Crippen LogP contribution is 2.46. The van der Waals surface area contributed by atoms with E-state index in [1.165, 1.54) is 0 Å². The molecule has 19 heavy (non-hydrogen) atoms. The largest absolute Gasteiger partial charge is 0.496 e. The highest BCUT2D eigenvalue weighted by atomic mass is 19.3. The van der Waals surface area contributed by atoms with Gasteiger partial charge in [0.1, 0.15) is 5.75 Å². The van der Waals surface area contributed by atoms with Gasteiger partial charge in [-0.25, -0.2) is 8.78 Å². The van der Waals surface area contributed by atoms with Gasteiger partial charge < -0.3 is 10.5 Å². The predicted octanol–water partition coefficient (Wildman–Crippen LogP) is 3.41. The van der Waals surface area contributed by atoms with Crippen LogP contribution in [-0.2, 0) is 5.41 Å². The monoisotopic (exact) mass is 269 g/mol. The summed E-state index contributed by atoms with van der Waals surface area (Å²) in [5.41, 5.74) is 7.68. The van der Waals surface area contributed by atoms with Crippen molar-refractivity contribution in [2.24, 2.45) is 5.73 Å². The number of halogens is 2. The van der Waals surface area contributed by atoms with Crippen LogP contribution in [0.4, 0.5) is 8.78 Å². The van der Waals surface area contributed by atoms with Gasteiger partial charge in [0.2, 0.25) is 5.92 Å². The SMILES string of the molecule is COc1cccc(C2(CN)CCC(F)(F)CC2)c1C. The molecule has 0 heterocycles. The molecule has 1 saturated carbocycles. The first-order chi connectivity index (χ1) is 8.94. The smallest absolute Gasteiger partial charge is 0.248 e. The third-order valence-electron chi connectivity index (χ3n) is 4.40. The Kier molecular flexibility index (Phi) is 3.81. The molecule has 2 nitrogen and oxygen atoms in total. The van der Waals surface area contributed by atoms with Crippen LogP contribution in [-0.4, -0.2) is 19.6 Å². The third kappa shape index (κ3) is 2.59. The van der Waals surface area contributed by atoms with E-state index in [-0.39, 0.29) is 18.3 Å². The van der Waals surface area contributed by atoms with Gasteiger partial charge in [0, 0.05) is 24.8 Å². The minimum absolute atomic E-state index is 0.0825. The first kappa shape index (κ1) is 14.3. The molecule has 106 valence electrons. The molecular formula is C15H21F2NO. The minimum Gasteiger partial charge on any atom is -0.496 e. The molecule has 0 unspecified atom stereocenters. The summed E-state index contributed by atoms with van der Waals surface area (Å²) in [6.45, 7) is 2.37. The van der Waals surface area contributed by atoms with Gasteiger partial charge in [-0.1, -0.05) is 12.1 Å². The maximum absolute atomic E-state index is 13.4. The lowest BCUT2D eigenvalue weighted by Crippen LogP contribution is -2.42.